The molecule has 1 saturated carbocycles. The minimum Gasteiger partial charge on any atom is -0.345 e. The molecule has 0 radical (unpaired) electrons. The Morgan fingerprint density at radius 3 is 2.61 bits per heavy atom. The van der Waals surface area contributed by atoms with Gasteiger partial charge in [0.1, 0.15) is 6.33 Å². The maximum absolute atomic E-state index is 13.7. The molecule has 3 aromatic rings. The minimum absolute atomic E-state index is 0.0290. The number of nitrogens with one attached hydrogen (secondary N) is 1. The van der Waals surface area contributed by atoms with Gasteiger partial charge >= 0.3 is 6.18 Å². The first kappa shape index (κ1) is 18.5. The van der Waals surface area contributed by atoms with Gasteiger partial charge in [-0.05, 0) is 37.1 Å². The van der Waals surface area contributed by atoms with Crippen LogP contribution < -0.4 is 5.32 Å². The number of carbonyl (C=O) groups excluding carboxylic acids is 1. The van der Waals surface area contributed by atoms with Gasteiger partial charge in [-0.15, -0.1) is 10.2 Å². The molecule has 7 nitrogen and oxygen atoms in total. The lowest BCUT2D eigenvalue weighted by atomic mass is 10.2. The Hall–Kier alpha value is -2.88. The van der Waals surface area contributed by atoms with Crippen LogP contribution in [0.1, 0.15) is 40.8 Å². The van der Waals surface area contributed by atoms with E-state index >= 15 is 0 Å². The third-order valence-corrected chi connectivity index (χ3v) is 4.60. The Balaban J connectivity index is 1.60. The number of nitrogens with zero attached hydrogens (tertiary/aromatic N) is 5. The molecule has 0 spiro atoms. The van der Waals surface area contributed by atoms with Crippen molar-refractivity contribution in [3.8, 4) is 5.69 Å². The van der Waals surface area contributed by atoms with Crippen molar-refractivity contribution < 1.29 is 18.0 Å². The van der Waals surface area contributed by atoms with E-state index < -0.39 is 23.3 Å². The zero-order chi connectivity index (χ0) is 19.9. The average Bonchev–Trinajstić information content (AvgIpc) is 3.20. The van der Waals surface area contributed by atoms with Crippen LogP contribution in [-0.4, -0.2) is 30.5 Å². The standard InChI is InChI=1S/C17H14ClF3N6O/c18-10-1-3-12(4-2-10)27-15(17(19,20)21)13(7-24-27)16(28)22-8-14-25-23-9-26(14)11-5-6-11/h1-4,7,9,11H,5-6,8H2,(H,22,28). The Kier molecular flexibility index (Phi) is 4.58. The number of amides is 1. The largest absolute Gasteiger partial charge is 0.434 e. The molecule has 1 aliphatic rings. The summed E-state index contributed by atoms with van der Waals surface area (Å²) in [5, 5.41) is 14.3. The zero-order valence-electron chi connectivity index (χ0n) is 14.3. The van der Waals surface area contributed by atoms with Crippen molar-refractivity contribution in [1.29, 1.82) is 0 Å². The van der Waals surface area contributed by atoms with Crippen LogP contribution >= 0.6 is 11.6 Å². The molecule has 2 aromatic heterocycles. The Bertz CT molecular complexity index is 1010. The van der Waals surface area contributed by atoms with Crippen LogP contribution in [0.4, 0.5) is 13.2 Å². The molecule has 1 aromatic carbocycles. The highest BCUT2D eigenvalue weighted by atomic mass is 35.5. The summed E-state index contributed by atoms with van der Waals surface area (Å²) < 4.78 is 43.5. The Morgan fingerprint density at radius 1 is 1.25 bits per heavy atom. The van der Waals surface area contributed by atoms with E-state index in [4.69, 9.17) is 11.6 Å². The molecular weight excluding hydrogens is 397 g/mol. The number of hydrogen-bond acceptors (Lipinski definition) is 4. The van der Waals surface area contributed by atoms with E-state index in [1.807, 2.05) is 4.57 Å². The maximum Gasteiger partial charge on any atom is 0.434 e. The number of aromatic nitrogens is 5. The summed E-state index contributed by atoms with van der Waals surface area (Å²) in [4.78, 5) is 12.5. The van der Waals surface area contributed by atoms with Gasteiger partial charge < -0.3 is 9.88 Å². The topological polar surface area (TPSA) is 77.6 Å². The van der Waals surface area contributed by atoms with Gasteiger partial charge in [0.05, 0.1) is 24.0 Å². The summed E-state index contributed by atoms with van der Waals surface area (Å²) in [5.41, 5.74) is -1.58. The van der Waals surface area contributed by atoms with Crippen LogP contribution in [0.25, 0.3) is 5.69 Å². The van der Waals surface area contributed by atoms with Crippen LogP contribution in [0.5, 0.6) is 0 Å². The van der Waals surface area contributed by atoms with Crippen molar-refractivity contribution in [2.75, 3.05) is 0 Å². The van der Waals surface area contributed by atoms with Crippen molar-refractivity contribution in [3.05, 3.63) is 58.9 Å². The molecule has 2 heterocycles. The SMILES string of the molecule is O=C(NCc1nncn1C1CC1)c1cnn(-c2ccc(Cl)cc2)c1C(F)(F)F. The highest BCUT2D eigenvalue weighted by molar-refractivity contribution is 6.30. The van der Waals surface area contributed by atoms with E-state index in [0.717, 1.165) is 19.0 Å². The maximum atomic E-state index is 13.7. The van der Waals surface area contributed by atoms with Crippen LogP contribution in [0.2, 0.25) is 5.02 Å². The van der Waals surface area contributed by atoms with Crippen LogP contribution in [-0.2, 0) is 12.7 Å². The monoisotopic (exact) mass is 410 g/mol. The van der Waals surface area contributed by atoms with Gasteiger partial charge in [-0.1, -0.05) is 11.6 Å². The van der Waals surface area contributed by atoms with E-state index in [0.29, 0.717) is 21.6 Å². The molecule has 0 atom stereocenters. The minimum atomic E-state index is -4.78. The van der Waals surface area contributed by atoms with E-state index in [1.165, 1.54) is 24.3 Å². The van der Waals surface area contributed by atoms with Crippen molar-refractivity contribution in [3.63, 3.8) is 0 Å². The average molecular weight is 411 g/mol. The van der Waals surface area contributed by atoms with Gasteiger partial charge in [0.15, 0.2) is 11.5 Å². The van der Waals surface area contributed by atoms with Crippen LogP contribution in [0, 0.1) is 0 Å². The third kappa shape index (κ3) is 3.59. The summed E-state index contributed by atoms with van der Waals surface area (Å²) in [6.07, 6.45) is -0.343. The van der Waals surface area contributed by atoms with E-state index in [9.17, 15) is 18.0 Å². The fourth-order valence-electron chi connectivity index (χ4n) is 2.87. The molecule has 1 amide bonds. The van der Waals surface area contributed by atoms with Gasteiger partial charge in [-0.25, -0.2) is 4.68 Å². The number of halogens is 4. The second-order valence-corrected chi connectivity index (χ2v) is 6.80. The quantitative estimate of drug-likeness (QED) is 0.699. The second kappa shape index (κ2) is 6.93. The first-order valence-corrected chi connectivity index (χ1v) is 8.80. The van der Waals surface area contributed by atoms with Gasteiger partial charge in [-0.3, -0.25) is 4.79 Å². The highest BCUT2D eigenvalue weighted by Crippen LogP contribution is 2.35. The fraction of sp³-hybridized carbons (Fsp3) is 0.294. The Labute approximate surface area is 162 Å². The first-order valence-electron chi connectivity index (χ1n) is 8.42. The molecule has 146 valence electrons. The lowest BCUT2D eigenvalue weighted by molar-refractivity contribution is -0.143. The third-order valence-electron chi connectivity index (χ3n) is 4.35. The molecule has 28 heavy (non-hydrogen) atoms. The molecule has 0 bridgehead atoms. The number of hydrogen-bond donors (Lipinski definition) is 1. The number of rotatable bonds is 5. The van der Waals surface area contributed by atoms with Gasteiger partial charge in [0.2, 0.25) is 0 Å². The van der Waals surface area contributed by atoms with Crippen molar-refractivity contribution in [2.24, 2.45) is 0 Å². The number of carbonyl (C=O) groups is 1. The molecule has 0 aliphatic heterocycles. The van der Waals surface area contributed by atoms with Crippen molar-refractivity contribution >= 4 is 17.5 Å². The summed E-state index contributed by atoms with van der Waals surface area (Å²) in [7, 11) is 0. The molecule has 1 N–H and O–H groups in total. The van der Waals surface area contributed by atoms with E-state index in [-0.39, 0.29) is 12.2 Å². The van der Waals surface area contributed by atoms with Crippen LogP contribution in [0.15, 0.2) is 36.8 Å². The van der Waals surface area contributed by atoms with E-state index in [1.54, 1.807) is 6.33 Å². The lowest BCUT2D eigenvalue weighted by Crippen LogP contribution is -2.27. The zero-order valence-corrected chi connectivity index (χ0v) is 15.1. The second-order valence-electron chi connectivity index (χ2n) is 6.36. The predicted octanol–water partition coefficient (Wildman–Crippen LogP) is 3.40. The number of alkyl halides is 3. The van der Waals surface area contributed by atoms with E-state index in [2.05, 4.69) is 20.6 Å². The van der Waals surface area contributed by atoms with Crippen LogP contribution in [0.3, 0.4) is 0 Å². The summed E-state index contributed by atoms with van der Waals surface area (Å²) >= 11 is 5.78. The van der Waals surface area contributed by atoms with Gasteiger partial charge in [0, 0.05) is 11.1 Å². The van der Waals surface area contributed by atoms with Gasteiger partial charge in [0.25, 0.3) is 5.91 Å². The lowest BCUT2D eigenvalue weighted by Gasteiger charge is -2.13. The molecular formula is C17H14ClF3N6O. The van der Waals surface area contributed by atoms with Gasteiger partial charge in [-0.2, -0.15) is 18.3 Å². The summed E-state index contributed by atoms with van der Waals surface area (Å²) in [6, 6.07) is 5.97. The summed E-state index contributed by atoms with van der Waals surface area (Å²) in [5.74, 6) is -0.396. The molecule has 11 heteroatoms. The normalized spacial score (nSPS) is 14.3. The predicted molar refractivity (Wildman–Crippen MR) is 93.0 cm³/mol. The number of benzene rings is 1. The highest BCUT2D eigenvalue weighted by Gasteiger charge is 2.40. The summed E-state index contributed by atoms with van der Waals surface area (Å²) in [6.45, 7) is -0.0290. The molecule has 0 saturated heterocycles. The molecule has 1 aliphatic carbocycles. The van der Waals surface area contributed by atoms with Crippen molar-refractivity contribution in [2.45, 2.75) is 31.6 Å². The smallest absolute Gasteiger partial charge is 0.345 e. The van der Waals surface area contributed by atoms with Crippen molar-refractivity contribution in [1.82, 2.24) is 29.9 Å². The molecule has 1 fully saturated rings. The Morgan fingerprint density at radius 2 is 1.96 bits per heavy atom. The fourth-order valence-corrected chi connectivity index (χ4v) is 3.00. The molecule has 4 rings (SSSR count). The first-order chi connectivity index (χ1) is 13.3. The molecule has 0 unspecified atom stereocenters.